The van der Waals surface area contributed by atoms with Crippen molar-refractivity contribution in [3.63, 3.8) is 0 Å². The second-order valence-corrected chi connectivity index (χ2v) is 7.11. The Bertz CT molecular complexity index is 540. The zero-order valence-corrected chi connectivity index (χ0v) is 13.4. The molecule has 0 fully saturated rings. The lowest BCUT2D eigenvalue weighted by Crippen LogP contribution is -2.36. The Morgan fingerprint density at radius 1 is 1.45 bits per heavy atom. The molecule has 0 radical (unpaired) electrons. The molecule has 0 bridgehead atoms. The van der Waals surface area contributed by atoms with E-state index in [0.29, 0.717) is 13.1 Å². The first-order valence-electron chi connectivity index (χ1n) is 6.83. The third-order valence-electron chi connectivity index (χ3n) is 3.31. The summed E-state index contributed by atoms with van der Waals surface area (Å²) in [6.07, 6.45) is 1.68. The van der Waals surface area contributed by atoms with Crippen LogP contribution < -0.4 is 5.32 Å². The van der Waals surface area contributed by atoms with Crippen LogP contribution in [0.25, 0.3) is 10.6 Å². The predicted octanol–water partition coefficient (Wildman–Crippen LogP) is 2.65. The van der Waals surface area contributed by atoms with Crippen LogP contribution in [0.15, 0.2) is 23.7 Å². The number of thiophene rings is 1. The fourth-order valence-corrected chi connectivity index (χ4v) is 2.68. The number of nitrogens with one attached hydrogen (secondary N) is 1. The summed E-state index contributed by atoms with van der Waals surface area (Å²) in [6, 6.07) is 4.12. The van der Waals surface area contributed by atoms with Crippen molar-refractivity contribution in [3.05, 3.63) is 29.3 Å². The van der Waals surface area contributed by atoms with E-state index >= 15 is 0 Å². The van der Waals surface area contributed by atoms with Crippen molar-refractivity contribution in [2.75, 3.05) is 6.54 Å². The lowest BCUT2D eigenvalue weighted by atomic mass is 9.89. The van der Waals surface area contributed by atoms with Gasteiger partial charge in [-0.05, 0) is 16.9 Å². The highest BCUT2D eigenvalue weighted by atomic mass is 32.1. The molecule has 0 aromatic carbocycles. The van der Waals surface area contributed by atoms with E-state index in [9.17, 15) is 5.11 Å². The maximum absolute atomic E-state index is 10.0. The Labute approximate surface area is 124 Å². The fraction of sp³-hybridized carbons (Fsp3) is 0.533. The molecule has 0 saturated heterocycles. The number of rotatable bonds is 5. The summed E-state index contributed by atoms with van der Waals surface area (Å²) >= 11 is 1.69. The molecule has 4 nitrogen and oxygen atoms in total. The highest BCUT2D eigenvalue weighted by Crippen LogP contribution is 2.26. The average Bonchev–Trinajstić information content (AvgIpc) is 2.96. The van der Waals surface area contributed by atoms with Crippen molar-refractivity contribution >= 4 is 11.3 Å². The Hall–Kier alpha value is -1.17. The van der Waals surface area contributed by atoms with Crippen molar-refractivity contribution in [1.29, 1.82) is 0 Å². The maximum atomic E-state index is 10.0. The summed E-state index contributed by atoms with van der Waals surface area (Å²) in [4.78, 5) is 1.18. The number of hydrogen-bond donors (Lipinski definition) is 2. The van der Waals surface area contributed by atoms with Crippen LogP contribution in [-0.4, -0.2) is 27.5 Å². The van der Waals surface area contributed by atoms with Crippen molar-refractivity contribution in [2.45, 2.75) is 33.4 Å². The largest absolute Gasteiger partial charge is 0.391 e. The zero-order chi connectivity index (χ0) is 14.8. The van der Waals surface area contributed by atoms with Crippen LogP contribution >= 0.6 is 11.3 Å². The van der Waals surface area contributed by atoms with Gasteiger partial charge < -0.3 is 10.4 Å². The van der Waals surface area contributed by atoms with E-state index in [1.165, 1.54) is 4.88 Å². The van der Waals surface area contributed by atoms with Gasteiger partial charge in [0.15, 0.2) is 0 Å². The first kappa shape index (κ1) is 15.2. The number of aliphatic hydroxyl groups is 1. The monoisotopic (exact) mass is 293 g/mol. The van der Waals surface area contributed by atoms with E-state index in [4.69, 9.17) is 0 Å². The van der Waals surface area contributed by atoms with E-state index in [2.05, 4.69) is 21.9 Å². The van der Waals surface area contributed by atoms with Gasteiger partial charge in [0, 0.05) is 31.9 Å². The second kappa shape index (κ2) is 6.08. The smallest absolute Gasteiger partial charge is 0.107 e. The lowest BCUT2D eigenvalue weighted by molar-refractivity contribution is 0.0628. The van der Waals surface area contributed by atoms with Crippen LogP contribution in [0.1, 0.15) is 26.3 Å². The molecule has 2 aromatic heterocycles. The SMILES string of the molecule is Cn1cc(CNCC(O)C(C)(C)C)c(-c2cccs2)n1. The summed E-state index contributed by atoms with van der Waals surface area (Å²) in [6.45, 7) is 7.43. The van der Waals surface area contributed by atoms with Gasteiger partial charge in [-0.15, -0.1) is 11.3 Å². The van der Waals surface area contributed by atoms with Gasteiger partial charge in [-0.25, -0.2) is 0 Å². The summed E-state index contributed by atoms with van der Waals surface area (Å²) in [7, 11) is 1.94. The number of aryl methyl sites for hydroxylation is 1. The average molecular weight is 293 g/mol. The van der Waals surface area contributed by atoms with Gasteiger partial charge in [0.05, 0.1) is 11.0 Å². The summed E-state index contributed by atoms with van der Waals surface area (Å²) in [5.41, 5.74) is 2.09. The molecule has 5 heteroatoms. The maximum Gasteiger partial charge on any atom is 0.107 e. The van der Waals surface area contributed by atoms with Crippen LogP contribution in [0.2, 0.25) is 0 Å². The van der Waals surface area contributed by atoms with Gasteiger partial charge in [-0.1, -0.05) is 26.8 Å². The van der Waals surface area contributed by atoms with E-state index in [0.717, 1.165) is 11.3 Å². The van der Waals surface area contributed by atoms with Crippen LogP contribution in [0.3, 0.4) is 0 Å². The molecular weight excluding hydrogens is 270 g/mol. The van der Waals surface area contributed by atoms with Crippen molar-refractivity contribution in [1.82, 2.24) is 15.1 Å². The number of aromatic nitrogens is 2. The van der Waals surface area contributed by atoms with E-state index in [-0.39, 0.29) is 11.5 Å². The van der Waals surface area contributed by atoms with Gasteiger partial charge in [0.25, 0.3) is 0 Å². The number of aliphatic hydroxyl groups excluding tert-OH is 1. The molecule has 0 aliphatic rings. The summed E-state index contributed by atoms with van der Waals surface area (Å²) in [5.74, 6) is 0. The molecule has 2 heterocycles. The highest BCUT2D eigenvalue weighted by Gasteiger charge is 2.21. The highest BCUT2D eigenvalue weighted by molar-refractivity contribution is 7.13. The van der Waals surface area contributed by atoms with Gasteiger partial charge in [-0.3, -0.25) is 4.68 Å². The fourth-order valence-electron chi connectivity index (χ4n) is 1.94. The first-order valence-corrected chi connectivity index (χ1v) is 7.71. The van der Waals surface area contributed by atoms with E-state index in [1.807, 2.05) is 44.8 Å². The Morgan fingerprint density at radius 3 is 2.80 bits per heavy atom. The van der Waals surface area contributed by atoms with Gasteiger partial charge in [-0.2, -0.15) is 5.10 Å². The van der Waals surface area contributed by atoms with Crippen molar-refractivity contribution in [3.8, 4) is 10.6 Å². The van der Waals surface area contributed by atoms with Crippen molar-refractivity contribution in [2.24, 2.45) is 12.5 Å². The molecule has 2 aromatic rings. The normalized spacial score (nSPS) is 13.7. The van der Waals surface area contributed by atoms with Crippen LogP contribution in [0.4, 0.5) is 0 Å². The molecule has 0 saturated carbocycles. The first-order chi connectivity index (χ1) is 9.38. The molecule has 2 N–H and O–H groups in total. The second-order valence-electron chi connectivity index (χ2n) is 6.17. The standard InChI is InChI=1S/C15H23N3OS/c1-15(2,3)13(19)9-16-8-11-10-18(4)17-14(11)12-6-5-7-20-12/h5-7,10,13,16,19H,8-9H2,1-4H3. The topological polar surface area (TPSA) is 50.1 Å². The Balaban J connectivity index is 2.00. The molecule has 0 aliphatic carbocycles. The van der Waals surface area contributed by atoms with Crippen LogP contribution in [0.5, 0.6) is 0 Å². The van der Waals surface area contributed by atoms with E-state index in [1.54, 1.807) is 11.3 Å². The molecule has 2 rings (SSSR count). The molecule has 1 unspecified atom stereocenters. The van der Waals surface area contributed by atoms with E-state index < -0.39 is 0 Å². The predicted molar refractivity (Wildman–Crippen MR) is 83.7 cm³/mol. The zero-order valence-electron chi connectivity index (χ0n) is 12.6. The van der Waals surface area contributed by atoms with Crippen LogP contribution in [-0.2, 0) is 13.6 Å². The Kier molecular flexibility index (Phi) is 4.62. The molecule has 110 valence electrons. The van der Waals surface area contributed by atoms with Gasteiger partial charge >= 0.3 is 0 Å². The Morgan fingerprint density at radius 2 is 2.20 bits per heavy atom. The lowest BCUT2D eigenvalue weighted by Gasteiger charge is -2.25. The number of hydrogen-bond acceptors (Lipinski definition) is 4. The molecular formula is C15H23N3OS. The molecule has 0 amide bonds. The molecule has 0 aliphatic heterocycles. The molecule has 1 atom stereocenters. The van der Waals surface area contributed by atoms with Gasteiger partial charge in [0.2, 0.25) is 0 Å². The minimum absolute atomic E-state index is 0.0987. The van der Waals surface area contributed by atoms with Crippen molar-refractivity contribution < 1.29 is 5.11 Å². The quantitative estimate of drug-likeness (QED) is 0.891. The number of nitrogens with zero attached hydrogens (tertiary/aromatic N) is 2. The van der Waals surface area contributed by atoms with Crippen LogP contribution in [0, 0.1) is 5.41 Å². The summed E-state index contributed by atoms with van der Waals surface area (Å²) in [5, 5.41) is 20.0. The van der Waals surface area contributed by atoms with Gasteiger partial charge in [0.1, 0.15) is 5.69 Å². The molecule has 0 spiro atoms. The minimum Gasteiger partial charge on any atom is -0.391 e. The molecule has 20 heavy (non-hydrogen) atoms. The third-order valence-corrected chi connectivity index (χ3v) is 4.19. The summed E-state index contributed by atoms with van der Waals surface area (Å²) < 4.78 is 1.84. The third kappa shape index (κ3) is 3.69. The minimum atomic E-state index is -0.357.